The van der Waals surface area contributed by atoms with Gasteiger partial charge in [-0.25, -0.2) is 15.0 Å². The van der Waals surface area contributed by atoms with E-state index in [1.807, 2.05) is 25.5 Å². The normalized spacial score (nSPS) is 10.5. The van der Waals surface area contributed by atoms with Crippen molar-refractivity contribution in [1.82, 2.24) is 19.5 Å². The number of nitrogens with one attached hydrogen (secondary N) is 1. The summed E-state index contributed by atoms with van der Waals surface area (Å²) in [7, 11) is 1.82. The van der Waals surface area contributed by atoms with E-state index in [0.29, 0.717) is 5.95 Å². The second-order valence-corrected chi connectivity index (χ2v) is 3.84. The summed E-state index contributed by atoms with van der Waals surface area (Å²) in [5.74, 6) is 1.70. The van der Waals surface area contributed by atoms with Crippen molar-refractivity contribution in [3.63, 3.8) is 0 Å². The molecule has 2 heterocycles. The third-order valence-electron chi connectivity index (χ3n) is 2.54. The number of aryl methyl sites for hydroxylation is 1. The molecule has 0 aromatic carbocycles. The SMILES string of the molecule is CCCn1ccnc1Cc1ccnc(NC)n1. The molecule has 0 radical (unpaired) electrons. The molecule has 0 unspecified atom stereocenters. The Balaban J connectivity index is 2.16. The van der Waals surface area contributed by atoms with Gasteiger partial charge in [-0.1, -0.05) is 6.92 Å². The van der Waals surface area contributed by atoms with Crippen molar-refractivity contribution in [2.45, 2.75) is 26.3 Å². The quantitative estimate of drug-likeness (QED) is 0.851. The summed E-state index contributed by atoms with van der Waals surface area (Å²) in [4.78, 5) is 12.9. The molecule has 0 spiro atoms. The average molecular weight is 231 g/mol. The topological polar surface area (TPSA) is 55.6 Å². The molecule has 0 atom stereocenters. The van der Waals surface area contributed by atoms with E-state index in [-0.39, 0.29) is 0 Å². The highest BCUT2D eigenvalue weighted by Crippen LogP contribution is 2.07. The smallest absolute Gasteiger partial charge is 0.222 e. The number of rotatable bonds is 5. The van der Waals surface area contributed by atoms with E-state index in [1.165, 1.54) is 0 Å². The van der Waals surface area contributed by atoms with Crippen LogP contribution in [0.4, 0.5) is 5.95 Å². The lowest BCUT2D eigenvalue weighted by atomic mass is 10.3. The third-order valence-corrected chi connectivity index (χ3v) is 2.54. The van der Waals surface area contributed by atoms with E-state index in [9.17, 15) is 0 Å². The summed E-state index contributed by atoms with van der Waals surface area (Å²) in [6.07, 6.45) is 7.46. The van der Waals surface area contributed by atoms with Gasteiger partial charge in [0.1, 0.15) is 5.82 Å². The van der Waals surface area contributed by atoms with E-state index in [1.54, 1.807) is 6.20 Å². The molecule has 0 saturated heterocycles. The zero-order valence-corrected chi connectivity index (χ0v) is 10.2. The summed E-state index contributed by atoms with van der Waals surface area (Å²) in [6, 6.07) is 1.92. The first kappa shape index (κ1) is 11.6. The highest BCUT2D eigenvalue weighted by molar-refractivity contribution is 5.24. The number of nitrogens with zero attached hydrogens (tertiary/aromatic N) is 4. The maximum absolute atomic E-state index is 4.39. The molecule has 0 fully saturated rings. The first-order chi connectivity index (χ1) is 8.33. The molecule has 0 amide bonds. The molecule has 0 saturated carbocycles. The number of hydrogen-bond acceptors (Lipinski definition) is 4. The van der Waals surface area contributed by atoms with Crippen molar-refractivity contribution in [2.24, 2.45) is 0 Å². The molecular formula is C12H17N5. The Kier molecular flexibility index (Phi) is 3.69. The largest absolute Gasteiger partial charge is 0.357 e. The standard InChI is InChI=1S/C12H17N5/c1-3-7-17-8-6-14-11(17)9-10-4-5-15-12(13-2)16-10/h4-6,8H,3,7,9H2,1-2H3,(H,13,15,16). The highest BCUT2D eigenvalue weighted by atomic mass is 15.1. The lowest BCUT2D eigenvalue weighted by Crippen LogP contribution is -2.06. The average Bonchev–Trinajstić information content (AvgIpc) is 2.78. The van der Waals surface area contributed by atoms with E-state index in [0.717, 1.165) is 30.9 Å². The van der Waals surface area contributed by atoms with Gasteiger partial charge < -0.3 is 9.88 Å². The zero-order chi connectivity index (χ0) is 12.1. The molecule has 5 heteroatoms. The van der Waals surface area contributed by atoms with Gasteiger partial charge in [0.15, 0.2) is 0 Å². The predicted octanol–water partition coefficient (Wildman–Crippen LogP) is 1.72. The van der Waals surface area contributed by atoms with Crippen molar-refractivity contribution in [3.05, 3.63) is 36.2 Å². The first-order valence-electron chi connectivity index (χ1n) is 5.83. The van der Waals surface area contributed by atoms with E-state index >= 15 is 0 Å². The summed E-state index contributed by atoms with van der Waals surface area (Å²) in [6.45, 7) is 3.16. The van der Waals surface area contributed by atoms with Crippen LogP contribution in [0, 0.1) is 0 Å². The van der Waals surface area contributed by atoms with E-state index in [2.05, 4.69) is 31.8 Å². The molecule has 0 aliphatic heterocycles. The van der Waals surface area contributed by atoms with Crippen LogP contribution in [-0.2, 0) is 13.0 Å². The Morgan fingerprint density at radius 3 is 2.94 bits per heavy atom. The van der Waals surface area contributed by atoms with Gasteiger partial charge in [-0.15, -0.1) is 0 Å². The molecule has 1 N–H and O–H groups in total. The number of hydrogen-bond donors (Lipinski definition) is 1. The Morgan fingerprint density at radius 1 is 1.29 bits per heavy atom. The maximum Gasteiger partial charge on any atom is 0.222 e. The van der Waals surface area contributed by atoms with E-state index < -0.39 is 0 Å². The van der Waals surface area contributed by atoms with Crippen LogP contribution >= 0.6 is 0 Å². The monoisotopic (exact) mass is 231 g/mol. The summed E-state index contributed by atoms with van der Waals surface area (Å²) in [5, 5.41) is 2.94. The first-order valence-corrected chi connectivity index (χ1v) is 5.83. The zero-order valence-electron chi connectivity index (χ0n) is 10.2. The van der Waals surface area contributed by atoms with Crippen LogP contribution in [0.3, 0.4) is 0 Å². The molecule has 5 nitrogen and oxygen atoms in total. The minimum absolute atomic E-state index is 0.649. The lowest BCUT2D eigenvalue weighted by molar-refractivity contribution is 0.644. The van der Waals surface area contributed by atoms with Crippen LogP contribution in [0.2, 0.25) is 0 Å². The van der Waals surface area contributed by atoms with Crippen LogP contribution in [0.25, 0.3) is 0 Å². The molecule has 2 rings (SSSR count). The third kappa shape index (κ3) is 2.81. The van der Waals surface area contributed by atoms with Crippen molar-refractivity contribution in [1.29, 1.82) is 0 Å². The van der Waals surface area contributed by atoms with Crippen LogP contribution in [0.15, 0.2) is 24.7 Å². The second-order valence-electron chi connectivity index (χ2n) is 3.84. The van der Waals surface area contributed by atoms with Crippen molar-refractivity contribution in [3.8, 4) is 0 Å². The molecular weight excluding hydrogens is 214 g/mol. The van der Waals surface area contributed by atoms with Gasteiger partial charge in [-0.2, -0.15) is 0 Å². The molecule has 2 aromatic heterocycles. The molecule has 0 aliphatic rings. The lowest BCUT2D eigenvalue weighted by Gasteiger charge is -2.06. The minimum Gasteiger partial charge on any atom is -0.357 e. The predicted molar refractivity (Wildman–Crippen MR) is 66.9 cm³/mol. The summed E-state index contributed by atoms with van der Waals surface area (Å²) < 4.78 is 2.17. The van der Waals surface area contributed by atoms with Crippen LogP contribution in [-0.4, -0.2) is 26.6 Å². The van der Waals surface area contributed by atoms with Crippen molar-refractivity contribution in [2.75, 3.05) is 12.4 Å². The molecule has 17 heavy (non-hydrogen) atoms. The van der Waals surface area contributed by atoms with Gasteiger partial charge in [0, 0.05) is 38.6 Å². The Hall–Kier alpha value is -1.91. The van der Waals surface area contributed by atoms with Gasteiger partial charge in [-0.3, -0.25) is 0 Å². The van der Waals surface area contributed by atoms with E-state index in [4.69, 9.17) is 0 Å². The highest BCUT2D eigenvalue weighted by Gasteiger charge is 2.05. The number of anilines is 1. The summed E-state index contributed by atoms with van der Waals surface area (Å²) >= 11 is 0. The van der Waals surface area contributed by atoms with Gasteiger partial charge in [0.2, 0.25) is 5.95 Å². The Bertz CT molecular complexity index is 477. The Labute approximate surface area is 101 Å². The van der Waals surface area contributed by atoms with Crippen LogP contribution in [0.1, 0.15) is 24.9 Å². The Morgan fingerprint density at radius 2 is 2.18 bits per heavy atom. The fourth-order valence-electron chi connectivity index (χ4n) is 1.73. The van der Waals surface area contributed by atoms with Crippen LogP contribution in [0.5, 0.6) is 0 Å². The summed E-state index contributed by atoms with van der Waals surface area (Å²) in [5.41, 5.74) is 0.980. The van der Waals surface area contributed by atoms with Gasteiger partial charge in [0.05, 0.1) is 5.69 Å². The fourth-order valence-corrected chi connectivity index (χ4v) is 1.73. The number of imidazole rings is 1. The number of aromatic nitrogens is 4. The van der Waals surface area contributed by atoms with Gasteiger partial charge >= 0.3 is 0 Å². The fraction of sp³-hybridized carbons (Fsp3) is 0.417. The van der Waals surface area contributed by atoms with Crippen molar-refractivity contribution >= 4 is 5.95 Å². The second kappa shape index (κ2) is 5.43. The maximum atomic E-state index is 4.39. The molecule has 0 bridgehead atoms. The molecule has 0 aliphatic carbocycles. The minimum atomic E-state index is 0.649. The van der Waals surface area contributed by atoms with Crippen molar-refractivity contribution < 1.29 is 0 Å². The molecule has 2 aromatic rings. The van der Waals surface area contributed by atoms with Crippen LogP contribution < -0.4 is 5.32 Å². The molecule has 90 valence electrons. The van der Waals surface area contributed by atoms with Gasteiger partial charge in [0.25, 0.3) is 0 Å². The van der Waals surface area contributed by atoms with Gasteiger partial charge in [-0.05, 0) is 12.5 Å².